The predicted octanol–water partition coefficient (Wildman–Crippen LogP) is 0.325. The fraction of sp³-hybridized carbons (Fsp3) is 0.722. The van der Waals surface area contributed by atoms with Crippen molar-refractivity contribution in [1.82, 2.24) is 29.7 Å². The van der Waals surface area contributed by atoms with Crippen molar-refractivity contribution < 1.29 is 14.2 Å². The summed E-state index contributed by atoms with van der Waals surface area (Å²) in [5.41, 5.74) is 7.13. The Hall–Kier alpha value is -1.85. The van der Waals surface area contributed by atoms with Crippen LogP contribution in [0.2, 0.25) is 0 Å². The molecule has 3 N–H and O–H groups in total. The second kappa shape index (κ2) is 6.60. The molecule has 5 heterocycles. The van der Waals surface area contributed by atoms with Gasteiger partial charge in [-0.15, -0.1) is 0 Å². The van der Waals surface area contributed by atoms with Crippen LogP contribution in [0.15, 0.2) is 12.7 Å². The fourth-order valence-corrected chi connectivity index (χ4v) is 4.56. The summed E-state index contributed by atoms with van der Waals surface area (Å²) in [5, 5.41) is 3.47. The molecule has 28 heavy (non-hydrogen) atoms. The third kappa shape index (κ3) is 2.87. The Balaban J connectivity index is 1.53. The third-order valence-corrected chi connectivity index (χ3v) is 6.33. The van der Waals surface area contributed by atoms with Gasteiger partial charge in [-0.25, -0.2) is 15.0 Å². The standard InChI is InChI=1S/C18H27N7O3/c1-18-23-6-10-4-11(5-10)24(2)7-12(26-3)14(27-18)17(28-18)25-9-22-13-15(19)20-8-21-16(13)25/h8-12,14,17,23H,4-7H2,1-3H3,(H2,19,20,21)/t10?,11?,12-,14-,17-,18?/m1/s1. The predicted molar refractivity (Wildman–Crippen MR) is 101 cm³/mol. The minimum atomic E-state index is -0.907. The lowest BCUT2D eigenvalue weighted by Crippen LogP contribution is -2.51. The molecule has 0 radical (unpaired) electrons. The first-order chi connectivity index (χ1) is 13.5. The van der Waals surface area contributed by atoms with Gasteiger partial charge in [0.1, 0.15) is 24.1 Å². The van der Waals surface area contributed by atoms with E-state index in [9.17, 15) is 0 Å². The quantitative estimate of drug-likeness (QED) is 0.750. The number of anilines is 1. The van der Waals surface area contributed by atoms with Crippen LogP contribution in [0.4, 0.5) is 5.82 Å². The Morgan fingerprint density at radius 2 is 2.11 bits per heavy atom. The Bertz CT molecular complexity index is 870. The molecule has 3 saturated heterocycles. The summed E-state index contributed by atoms with van der Waals surface area (Å²) in [6.45, 7) is 3.54. The lowest BCUT2D eigenvalue weighted by molar-refractivity contribution is -0.197. The Morgan fingerprint density at radius 3 is 2.89 bits per heavy atom. The number of nitrogens with one attached hydrogen (secondary N) is 1. The normalized spacial score (nSPS) is 38.9. The highest BCUT2D eigenvalue weighted by Gasteiger charge is 2.51. The van der Waals surface area contributed by atoms with Crippen LogP contribution >= 0.6 is 0 Å². The number of methoxy groups -OCH3 is 1. The lowest BCUT2D eigenvalue weighted by Gasteiger charge is -2.43. The molecule has 3 aliphatic heterocycles. The van der Waals surface area contributed by atoms with Gasteiger partial charge in [0, 0.05) is 33.2 Å². The van der Waals surface area contributed by atoms with Crippen LogP contribution in [0.3, 0.4) is 0 Å². The van der Waals surface area contributed by atoms with Crippen molar-refractivity contribution in [2.75, 3.05) is 33.0 Å². The number of fused-ring (bicyclic) bond motifs is 4. The van der Waals surface area contributed by atoms with E-state index in [1.807, 2.05) is 11.5 Å². The second-order valence-corrected chi connectivity index (χ2v) is 8.21. The number of likely N-dealkylation sites (N-methyl/N-ethyl adjacent to an activating group) is 1. The number of ether oxygens (including phenoxy) is 3. The second-order valence-electron chi connectivity index (χ2n) is 8.21. The molecule has 2 aromatic heterocycles. The topological polar surface area (TPSA) is 113 Å². The zero-order valence-electron chi connectivity index (χ0n) is 16.4. The number of hydrogen-bond donors (Lipinski definition) is 2. The molecular weight excluding hydrogens is 362 g/mol. The Labute approximate surface area is 163 Å². The summed E-state index contributed by atoms with van der Waals surface area (Å²) >= 11 is 0. The molecule has 0 spiro atoms. The number of hydrogen-bond acceptors (Lipinski definition) is 9. The van der Waals surface area contributed by atoms with Crippen LogP contribution in [-0.4, -0.2) is 75.8 Å². The maximum absolute atomic E-state index is 6.41. The number of nitrogens with two attached hydrogens (primary N) is 1. The first-order valence-electron chi connectivity index (χ1n) is 9.74. The molecule has 10 heteroatoms. The Morgan fingerprint density at radius 1 is 1.29 bits per heavy atom. The van der Waals surface area contributed by atoms with Gasteiger partial charge in [-0.2, -0.15) is 0 Å². The molecule has 4 atom stereocenters. The average molecular weight is 389 g/mol. The van der Waals surface area contributed by atoms with E-state index in [0.29, 0.717) is 28.9 Å². The van der Waals surface area contributed by atoms with E-state index in [0.717, 1.165) is 13.1 Å². The highest BCUT2D eigenvalue weighted by Crippen LogP contribution is 2.40. The highest BCUT2D eigenvalue weighted by molar-refractivity contribution is 5.81. The van der Waals surface area contributed by atoms with E-state index in [2.05, 4.69) is 32.2 Å². The molecule has 0 amide bonds. The van der Waals surface area contributed by atoms with Crippen LogP contribution in [0.25, 0.3) is 11.2 Å². The zero-order valence-corrected chi connectivity index (χ0v) is 16.4. The van der Waals surface area contributed by atoms with Gasteiger partial charge in [0.2, 0.25) is 5.91 Å². The summed E-state index contributed by atoms with van der Waals surface area (Å²) in [6, 6.07) is 0.592. The van der Waals surface area contributed by atoms with Gasteiger partial charge in [-0.3, -0.25) is 9.88 Å². The number of nitrogens with zero attached hydrogens (tertiary/aromatic N) is 5. The van der Waals surface area contributed by atoms with Crippen LogP contribution in [0, 0.1) is 5.92 Å². The minimum absolute atomic E-state index is 0.174. The van der Waals surface area contributed by atoms with E-state index in [-0.39, 0.29) is 12.2 Å². The van der Waals surface area contributed by atoms with Crippen molar-refractivity contribution >= 4 is 17.0 Å². The monoisotopic (exact) mass is 389 g/mol. The molecule has 1 unspecified atom stereocenters. The van der Waals surface area contributed by atoms with Crippen molar-refractivity contribution in [3.8, 4) is 0 Å². The van der Waals surface area contributed by atoms with Gasteiger partial charge < -0.3 is 24.8 Å². The van der Waals surface area contributed by atoms with Crippen LogP contribution in [0.1, 0.15) is 26.0 Å². The number of aromatic nitrogens is 4. The first kappa shape index (κ1) is 18.2. The van der Waals surface area contributed by atoms with Gasteiger partial charge in [-0.1, -0.05) is 0 Å². The van der Waals surface area contributed by atoms with Crippen molar-refractivity contribution in [2.24, 2.45) is 5.92 Å². The summed E-state index contributed by atoms with van der Waals surface area (Å²) in [4.78, 5) is 15.2. The molecule has 4 bridgehead atoms. The van der Waals surface area contributed by atoms with Crippen LogP contribution in [-0.2, 0) is 14.2 Å². The summed E-state index contributed by atoms with van der Waals surface area (Å²) in [5.74, 6) is 0.0715. The van der Waals surface area contributed by atoms with E-state index < -0.39 is 12.1 Å². The molecule has 6 rings (SSSR count). The minimum Gasteiger partial charge on any atom is -0.382 e. The van der Waals surface area contributed by atoms with Gasteiger partial charge in [0.05, 0.1) is 6.33 Å². The zero-order chi connectivity index (χ0) is 19.5. The molecule has 0 aromatic carbocycles. The van der Waals surface area contributed by atoms with Crippen LogP contribution in [0.5, 0.6) is 0 Å². The molecular formula is C18H27N7O3. The fourth-order valence-electron chi connectivity index (χ4n) is 4.56. The molecule has 10 nitrogen and oxygen atoms in total. The van der Waals surface area contributed by atoms with Crippen molar-refractivity contribution in [3.05, 3.63) is 12.7 Å². The SMILES string of the molecule is CO[C@@H]1CN(C)C2CC(CNC3(C)O[C@H]1[C@H](n1cnc4c(N)ncnc41)O3)C2. The molecule has 4 fully saturated rings. The van der Waals surface area contributed by atoms with Crippen molar-refractivity contribution in [2.45, 2.75) is 50.2 Å². The molecule has 1 saturated carbocycles. The maximum Gasteiger partial charge on any atom is 0.226 e. The van der Waals surface area contributed by atoms with Gasteiger partial charge in [-0.05, 0) is 25.8 Å². The molecule has 152 valence electrons. The van der Waals surface area contributed by atoms with Crippen LogP contribution < -0.4 is 11.1 Å². The van der Waals surface area contributed by atoms with E-state index in [1.165, 1.54) is 19.2 Å². The van der Waals surface area contributed by atoms with Gasteiger partial charge >= 0.3 is 0 Å². The smallest absolute Gasteiger partial charge is 0.226 e. The van der Waals surface area contributed by atoms with E-state index in [4.69, 9.17) is 19.9 Å². The van der Waals surface area contributed by atoms with Gasteiger partial charge in [0.25, 0.3) is 0 Å². The van der Waals surface area contributed by atoms with E-state index in [1.54, 1.807) is 13.4 Å². The maximum atomic E-state index is 6.41. The number of imidazole rings is 1. The number of nitrogen functional groups attached to an aromatic ring is 1. The average Bonchev–Trinajstić information content (AvgIpc) is 3.19. The highest BCUT2D eigenvalue weighted by atomic mass is 16.8. The van der Waals surface area contributed by atoms with Crippen molar-refractivity contribution in [3.63, 3.8) is 0 Å². The molecule has 1 aliphatic carbocycles. The molecule has 4 aliphatic rings. The number of rotatable bonds is 2. The summed E-state index contributed by atoms with van der Waals surface area (Å²) in [6.07, 6.45) is 4.53. The largest absolute Gasteiger partial charge is 0.382 e. The summed E-state index contributed by atoms with van der Waals surface area (Å²) < 4.78 is 20.5. The third-order valence-electron chi connectivity index (χ3n) is 6.33. The lowest BCUT2D eigenvalue weighted by atomic mass is 9.79. The van der Waals surface area contributed by atoms with Crippen molar-refractivity contribution in [1.29, 1.82) is 0 Å². The van der Waals surface area contributed by atoms with Gasteiger partial charge in [0.15, 0.2) is 17.7 Å². The Kier molecular flexibility index (Phi) is 4.29. The molecule has 2 aromatic rings. The first-order valence-corrected chi connectivity index (χ1v) is 9.74. The summed E-state index contributed by atoms with van der Waals surface area (Å²) in [7, 11) is 3.88. The van der Waals surface area contributed by atoms with E-state index >= 15 is 0 Å².